The molecule has 0 aromatic heterocycles. The highest BCUT2D eigenvalue weighted by Crippen LogP contribution is 2.26. The molecule has 0 N–H and O–H groups in total. The van der Waals surface area contributed by atoms with E-state index in [1.54, 1.807) is 19.2 Å². The molecular weight excluding hydrogens is 320 g/mol. The molecule has 0 amide bonds. The number of hydrogen-bond acceptors (Lipinski definition) is 3. The van der Waals surface area contributed by atoms with Crippen molar-refractivity contribution in [2.24, 2.45) is 0 Å². The number of rotatable bonds is 6. The van der Waals surface area contributed by atoms with Gasteiger partial charge in [0.2, 0.25) is 9.84 Å². The number of aryl methyl sites for hydroxylation is 2. The first-order valence-corrected chi connectivity index (χ1v) is 9.44. The SMILES string of the molecule is COc1ccc(CCC(=C(C)C)S(=O)(=O)c2ccc(C)cc2)cc1. The van der Waals surface area contributed by atoms with Gasteiger partial charge in [-0.15, -0.1) is 0 Å². The molecule has 3 nitrogen and oxygen atoms in total. The molecule has 2 aromatic carbocycles. The van der Waals surface area contributed by atoms with Crippen molar-refractivity contribution in [3.63, 3.8) is 0 Å². The summed E-state index contributed by atoms with van der Waals surface area (Å²) in [4.78, 5) is 0.862. The van der Waals surface area contributed by atoms with Crippen molar-refractivity contribution < 1.29 is 13.2 Å². The minimum absolute atomic E-state index is 0.360. The van der Waals surface area contributed by atoms with Crippen molar-refractivity contribution in [3.8, 4) is 5.75 Å². The lowest BCUT2D eigenvalue weighted by molar-refractivity contribution is 0.414. The summed E-state index contributed by atoms with van der Waals surface area (Å²) in [5.74, 6) is 0.800. The van der Waals surface area contributed by atoms with E-state index in [1.165, 1.54) is 0 Å². The minimum Gasteiger partial charge on any atom is -0.497 e. The van der Waals surface area contributed by atoms with Crippen LogP contribution in [-0.2, 0) is 16.3 Å². The number of sulfone groups is 1. The van der Waals surface area contributed by atoms with Gasteiger partial charge in [0.05, 0.1) is 12.0 Å². The first-order chi connectivity index (χ1) is 11.3. The zero-order valence-electron chi connectivity index (χ0n) is 14.7. The maximum absolute atomic E-state index is 12.9. The van der Waals surface area contributed by atoms with Crippen LogP contribution in [0.1, 0.15) is 31.4 Å². The monoisotopic (exact) mass is 344 g/mol. The first kappa shape index (κ1) is 18.3. The van der Waals surface area contributed by atoms with Gasteiger partial charge in [-0.1, -0.05) is 35.4 Å². The Kier molecular flexibility index (Phi) is 5.84. The molecule has 0 aliphatic rings. The molecule has 4 heteroatoms. The maximum atomic E-state index is 12.9. The van der Waals surface area contributed by atoms with Crippen LogP contribution in [0.3, 0.4) is 0 Å². The van der Waals surface area contributed by atoms with Crippen LogP contribution in [0.4, 0.5) is 0 Å². The van der Waals surface area contributed by atoms with Gasteiger partial charge in [-0.2, -0.15) is 0 Å². The van der Waals surface area contributed by atoms with Crippen molar-refractivity contribution in [3.05, 3.63) is 70.1 Å². The molecule has 0 aliphatic carbocycles. The summed E-state index contributed by atoms with van der Waals surface area (Å²) in [5, 5.41) is 0. The Morgan fingerprint density at radius 3 is 2.04 bits per heavy atom. The average molecular weight is 344 g/mol. The minimum atomic E-state index is -3.45. The predicted octanol–water partition coefficient (Wildman–Crippen LogP) is 4.70. The van der Waals surface area contributed by atoms with E-state index in [2.05, 4.69) is 0 Å². The fourth-order valence-corrected chi connectivity index (χ4v) is 4.25. The molecule has 0 heterocycles. The number of ether oxygens (including phenoxy) is 1. The van der Waals surface area contributed by atoms with Crippen molar-refractivity contribution in [1.29, 1.82) is 0 Å². The predicted molar refractivity (Wildman–Crippen MR) is 98.1 cm³/mol. The zero-order chi connectivity index (χ0) is 17.7. The fraction of sp³-hybridized carbons (Fsp3) is 0.300. The Morgan fingerprint density at radius 2 is 1.54 bits per heavy atom. The molecule has 0 aliphatic heterocycles. The van der Waals surface area contributed by atoms with Crippen LogP contribution in [0.15, 0.2) is 63.9 Å². The molecule has 128 valence electrons. The van der Waals surface area contributed by atoms with Crippen molar-refractivity contribution in [2.45, 2.75) is 38.5 Å². The lowest BCUT2D eigenvalue weighted by Gasteiger charge is -2.12. The molecule has 0 saturated carbocycles. The van der Waals surface area contributed by atoms with Gasteiger partial charge < -0.3 is 4.74 Å². The van der Waals surface area contributed by atoms with Gasteiger partial charge >= 0.3 is 0 Å². The second kappa shape index (κ2) is 7.67. The lowest BCUT2D eigenvalue weighted by Crippen LogP contribution is -2.08. The molecule has 24 heavy (non-hydrogen) atoms. The Bertz CT molecular complexity index is 810. The second-order valence-electron chi connectivity index (χ2n) is 6.09. The summed E-state index contributed by atoms with van der Waals surface area (Å²) < 4.78 is 31.0. The summed E-state index contributed by atoms with van der Waals surface area (Å²) in [6, 6.07) is 14.8. The van der Waals surface area contributed by atoms with Gasteiger partial charge in [0.25, 0.3) is 0 Å². The second-order valence-corrected chi connectivity index (χ2v) is 8.06. The molecule has 0 unspecified atom stereocenters. The number of allylic oxidation sites excluding steroid dienone is 2. The van der Waals surface area contributed by atoms with Crippen molar-refractivity contribution >= 4 is 9.84 Å². The molecule has 0 bridgehead atoms. The van der Waals surface area contributed by atoms with Crippen LogP contribution in [-0.4, -0.2) is 15.5 Å². The van der Waals surface area contributed by atoms with Gasteiger partial charge in [0, 0.05) is 4.91 Å². The van der Waals surface area contributed by atoms with Crippen LogP contribution in [0.2, 0.25) is 0 Å². The zero-order valence-corrected chi connectivity index (χ0v) is 15.5. The Hall–Kier alpha value is -2.07. The number of methoxy groups -OCH3 is 1. The summed E-state index contributed by atoms with van der Waals surface area (Å²) in [6.45, 7) is 5.66. The van der Waals surface area contributed by atoms with Gasteiger partial charge in [-0.3, -0.25) is 0 Å². The van der Waals surface area contributed by atoms with Crippen molar-refractivity contribution in [2.75, 3.05) is 7.11 Å². The molecule has 2 rings (SSSR count). The highest BCUT2D eigenvalue weighted by molar-refractivity contribution is 7.95. The summed E-state index contributed by atoms with van der Waals surface area (Å²) in [6.07, 6.45) is 1.17. The molecule has 0 saturated heterocycles. The number of hydrogen-bond donors (Lipinski definition) is 0. The van der Waals surface area contributed by atoms with Gasteiger partial charge in [-0.05, 0) is 63.4 Å². The van der Waals surface area contributed by atoms with Crippen LogP contribution in [0.25, 0.3) is 0 Å². The Labute approximate surface area is 144 Å². The largest absolute Gasteiger partial charge is 0.497 e. The summed E-state index contributed by atoms with van der Waals surface area (Å²) in [7, 11) is -1.82. The van der Waals surface area contributed by atoms with E-state index in [1.807, 2.05) is 57.2 Å². The van der Waals surface area contributed by atoms with Crippen LogP contribution in [0, 0.1) is 6.92 Å². The first-order valence-electron chi connectivity index (χ1n) is 7.95. The topological polar surface area (TPSA) is 43.4 Å². The highest BCUT2D eigenvalue weighted by Gasteiger charge is 2.21. The third kappa shape index (κ3) is 4.26. The summed E-state index contributed by atoms with van der Waals surface area (Å²) in [5.41, 5.74) is 2.98. The van der Waals surface area contributed by atoms with E-state index in [0.29, 0.717) is 22.6 Å². The smallest absolute Gasteiger partial charge is 0.202 e. The third-order valence-electron chi connectivity index (χ3n) is 4.01. The van der Waals surface area contributed by atoms with Gasteiger partial charge in [0.15, 0.2) is 0 Å². The van der Waals surface area contributed by atoms with E-state index in [9.17, 15) is 8.42 Å². The van der Waals surface area contributed by atoms with Crippen LogP contribution in [0.5, 0.6) is 5.75 Å². The highest BCUT2D eigenvalue weighted by atomic mass is 32.2. The molecule has 0 fully saturated rings. The maximum Gasteiger partial charge on any atom is 0.202 e. The third-order valence-corrected chi connectivity index (χ3v) is 6.17. The van der Waals surface area contributed by atoms with Gasteiger partial charge in [0.1, 0.15) is 5.75 Å². The van der Waals surface area contributed by atoms with E-state index >= 15 is 0 Å². The van der Waals surface area contributed by atoms with E-state index < -0.39 is 9.84 Å². The standard InChI is InChI=1S/C20H24O3S/c1-15(2)20(14-9-17-7-10-18(23-4)11-8-17)24(21,22)19-12-5-16(3)6-13-19/h5-8,10-13H,9,14H2,1-4H3. The van der Waals surface area contributed by atoms with E-state index in [4.69, 9.17) is 4.74 Å². The lowest BCUT2D eigenvalue weighted by atomic mass is 10.1. The summed E-state index contributed by atoms with van der Waals surface area (Å²) >= 11 is 0. The normalized spacial score (nSPS) is 11.2. The average Bonchev–Trinajstić information content (AvgIpc) is 2.55. The Balaban J connectivity index is 2.23. The van der Waals surface area contributed by atoms with Crippen LogP contribution < -0.4 is 4.74 Å². The fourth-order valence-electron chi connectivity index (χ4n) is 2.56. The van der Waals surface area contributed by atoms with E-state index in [0.717, 1.165) is 22.4 Å². The number of benzene rings is 2. The van der Waals surface area contributed by atoms with E-state index in [-0.39, 0.29) is 0 Å². The molecular formula is C20H24O3S. The molecule has 0 spiro atoms. The molecule has 2 aromatic rings. The van der Waals surface area contributed by atoms with Gasteiger partial charge in [-0.25, -0.2) is 8.42 Å². The van der Waals surface area contributed by atoms with Crippen LogP contribution >= 0.6 is 0 Å². The molecule has 0 radical (unpaired) electrons. The van der Waals surface area contributed by atoms with Crippen molar-refractivity contribution in [1.82, 2.24) is 0 Å². The quantitative estimate of drug-likeness (QED) is 0.762. The molecule has 0 atom stereocenters. The Morgan fingerprint density at radius 1 is 0.958 bits per heavy atom.